The van der Waals surface area contributed by atoms with Gasteiger partial charge in [-0.25, -0.2) is 9.78 Å². The lowest BCUT2D eigenvalue weighted by Gasteiger charge is -2.34. The van der Waals surface area contributed by atoms with Crippen molar-refractivity contribution in [3.63, 3.8) is 0 Å². The molecule has 0 atom stereocenters. The fourth-order valence-electron chi connectivity index (χ4n) is 3.05. The van der Waals surface area contributed by atoms with Crippen molar-refractivity contribution >= 4 is 17.8 Å². The molecule has 1 fully saturated rings. The molecular formula is C21H26N4O3. The van der Waals surface area contributed by atoms with E-state index in [1.54, 1.807) is 35.1 Å². The van der Waals surface area contributed by atoms with Crippen LogP contribution < -0.4 is 5.32 Å². The third kappa shape index (κ3) is 5.00. The van der Waals surface area contributed by atoms with Gasteiger partial charge in [0.2, 0.25) is 0 Å². The van der Waals surface area contributed by atoms with Crippen molar-refractivity contribution in [3.8, 4) is 0 Å². The van der Waals surface area contributed by atoms with Crippen LogP contribution in [0.15, 0.2) is 42.6 Å². The van der Waals surface area contributed by atoms with Crippen LogP contribution in [0.3, 0.4) is 0 Å². The van der Waals surface area contributed by atoms with Gasteiger partial charge in [-0.3, -0.25) is 4.79 Å². The van der Waals surface area contributed by atoms with E-state index in [1.165, 1.54) is 5.56 Å². The molecule has 2 heterocycles. The molecule has 1 aromatic heterocycles. The first kappa shape index (κ1) is 19.7. The molecule has 7 heteroatoms. The highest BCUT2D eigenvalue weighted by molar-refractivity contribution is 5.95. The fraction of sp³-hybridized carbons (Fsp3) is 0.381. The Hall–Kier alpha value is -3.09. The number of pyridine rings is 1. The van der Waals surface area contributed by atoms with Crippen molar-refractivity contribution in [2.75, 3.05) is 38.1 Å². The molecule has 1 aromatic carbocycles. The monoisotopic (exact) mass is 382 g/mol. The highest BCUT2D eigenvalue weighted by Gasteiger charge is 2.25. The van der Waals surface area contributed by atoms with Crippen molar-refractivity contribution in [2.24, 2.45) is 0 Å². The van der Waals surface area contributed by atoms with E-state index in [4.69, 9.17) is 4.74 Å². The first-order valence-electron chi connectivity index (χ1n) is 9.53. The molecule has 28 heavy (non-hydrogen) atoms. The highest BCUT2D eigenvalue weighted by atomic mass is 16.6. The van der Waals surface area contributed by atoms with Gasteiger partial charge in [-0.1, -0.05) is 29.8 Å². The smallest absolute Gasteiger partial charge is 0.409 e. The Morgan fingerprint density at radius 1 is 1.07 bits per heavy atom. The van der Waals surface area contributed by atoms with Crippen LogP contribution in [0.25, 0.3) is 0 Å². The van der Waals surface area contributed by atoms with E-state index in [2.05, 4.69) is 41.5 Å². The number of piperazine rings is 1. The summed E-state index contributed by atoms with van der Waals surface area (Å²) in [6.45, 7) is 6.78. The van der Waals surface area contributed by atoms with Gasteiger partial charge in [-0.2, -0.15) is 0 Å². The van der Waals surface area contributed by atoms with Gasteiger partial charge in [-0.15, -0.1) is 0 Å². The number of aromatic nitrogens is 1. The normalized spacial score (nSPS) is 13.9. The summed E-state index contributed by atoms with van der Waals surface area (Å²) in [5, 5.41) is 3.26. The molecule has 0 bridgehead atoms. The number of hydrogen-bond acceptors (Lipinski definition) is 5. The minimum atomic E-state index is -0.318. The van der Waals surface area contributed by atoms with Crippen LogP contribution in [0.4, 0.5) is 10.6 Å². The largest absolute Gasteiger partial charge is 0.450 e. The first-order chi connectivity index (χ1) is 13.6. The number of amides is 2. The van der Waals surface area contributed by atoms with Crippen LogP contribution in [0.2, 0.25) is 0 Å². The predicted molar refractivity (Wildman–Crippen MR) is 107 cm³/mol. The summed E-state index contributed by atoms with van der Waals surface area (Å²) in [7, 11) is 0. The summed E-state index contributed by atoms with van der Waals surface area (Å²) in [5.41, 5.74) is 2.96. The summed E-state index contributed by atoms with van der Waals surface area (Å²) in [5.74, 6) is 0.612. The van der Waals surface area contributed by atoms with Gasteiger partial charge in [0.05, 0.1) is 6.61 Å². The molecule has 0 radical (unpaired) electrons. The molecule has 0 spiro atoms. The molecule has 7 nitrogen and oxygen atoms in total. The van der Waals surface area contributed by atoms with Gasteiger partial charge in [0.15, 0.2) is 0 Å². The zero-order chi connectivity index (χ0) is 19.9. The van der Waals surface area contributed by atoms with Crippen molar-refractivity contribution in [1.29, 1.82) is 0 Å². The van der Waals surface area contributed by atoms with Crippen LogP contribution in [-0.2, 0) is 11.3 Å². The number of nitrogens with zero attached hydrogens (tertiary/aromatic N) is 3. The number of nitrogens with one attached hydrogen (secondary N) is 1. The van der Waals surface area contributed by atoms with Gasteiger partial charge in [0.25, 0.3) is 5.91 Å². The Bertz CT molecular complexity index is 815. The zero-order valence-corrected chi connectivity index (χ0v) is 16.4. The van der Waals surface area contributed by atoms with E-state index in [9.17, 15) is 9.59 Å². The van der Waals surface area contributed by atoms with Crippen LogP contribution in [0, 0.1) is 6.92 Å². The molecule has 0 aliphatic carbocycles. The molecule has 0 saturated carbocycles. The van der Waals surface area contributed by atoms with E-state index in [-0.39, 0.29) is 12.0 Å². The van der Waals surface area contributed by atoms with E-state index in [0.717, 1.165) is 5.56 Å². The van der Waals surface area contributed by atoms with Crippen LogP contribution in [-0.4, -0.2) is 59.6 Å². The molecule has 1 aliphatic heterocycles. The molecule has 1 aliphatic rings. The molecule has 2 amide bonds. The second-order valence-electron chi connectivity index (χ2n) is 6.75. The molecule has 1 saturated heterocycles. The average Bonchev–Trinajstić information content (AvgIpc) is 2.73. The molecule has 148 valence electrons. The topological polar surface area (TPSA) is 74.8 Å². The summed E-state index contributed by atoms with van der Waals surface area (Å²) < 4.78 is 5.01. The summed E-state index contributed by atoms with van der Waals surface area (Å²) in [4.78, 5) is 32.3. The number of benzene rings is 1. The first-order valence-corrected chi connectivity index (χ1v) is 9.53. The maximum absolute atomic E-state index is 12.8. The molecule has 2 aromatic rings. The minimum absolute atomic E-state index is 0.0516. The van der Waals surface area contributed by atoms with Gasteiger partial charge >= 0.3 is 6.09 Å². The van der Waals surface area contributed by atoms with Gasteiger partial charge in [0.1, 0.15) is 5.82 Å². The third-order valence-electron chi connectivity index (χ3n) is 4.69. The number of anilines is 1. The lowest BCUT2D eigenvalue weighted by atomic mass is 10.1. The molecule has 3 rings (SSSR count). The number of hydrogen-bond donors (Lipinski definition) is 1. The van der Waals surface area contributed by atoms with Crippen molar-refractivity contribution in [3.05, 3.63) is 59.3 Å². The average molecular weight is 382 g/mol. The van der Waals surface area contributed by atoms with Crippen LogP contribution >= 0.6 is 0 Å². The second kappa shape index (κ2) is 9.21. The Balaban J connectivity index is 1.56. The second-order valence-corrected chi connectivity index (χ2v) is 6.75. The number of ether oxygens (including phenoxy) is 1. The van der Waals surface area contributed by atoms with Crippen molar-refractivity contribution < 1.29 is 14.3 Å². The third-order valence-corrected chi connectivity index (χ3v) is 4.69. The van der Waals surface area contributed by atoms with Crippen molar-refractivity contribution in [1.82, 2.24) is 14.8 Å². The highest BCUT2D eigenvalue weighted by Crippen LogP contribution is 2.14. The van der Waals surface area contributed by atoms with E-state index >= 15 is 0 Å². The number of aryl methyl sites for hydroxylation is 1. The van der Waals surface area contributed by atoms with E-state index < -0.39 is 0 Å². The molecule has 1 N–H and O–H groups in total. The fourth-order valence-corrected chi connectivity index (χ4v) is 3.05. The number of carbonyl (C=O) groups excluding carboxylic acids is 2. The Morgan fingerprint density at radius 2 is 1.75 bits per heavy atom. The van der Waals surface area contributed by atoms with Gasteiger partial charge < -0.3 is 19.9 Å². The summed E-state index contributed by atoms with van der Waals surface area (Å²) >= 11 is 0. The summed E-state index contributed by atoms with van der Waals surface area (Å²) in [6.07, 6.45) is 1.32. The van der Waals surface area contributed by atoms with Crippen molar-refractivity contribution in [2.45, 2.75) is 20.4 Å². The Labute approximate surface area is 165 Å². The molecular weight excluding hydrogens is 356 g/mol. The predicted octanol–water partition coefficient (Wildman–Crippen LogP) is 2.92. The quantitative estimate of drug-likeness (QED) is 0.861. The van der Waals surface area contributed by atoms with E-state index in [1.807, 2.05) is 0 Å². The van der Waals surface area contributed by atoms with Crippen LogP contribution in [0.5, 0.6) is 0 Å². The summed E-state index contributed by atoms with van der Waals surface area (Å²) in [6, 6.07) is 11.8. The standard InChI is InChI=1S/C21H26N4O3/c1-3-28-21(27)25-12-10-24(11-13-25)20(26)18-8-9-22-19(14-18)23-15-17-6-4-16(2)5-7-17/h4-9,14H,3,10-13,15H2,1-2H3,(H,22,23). The number of rotatable bonds is 5. The lowest BCUT2D eigenvalue weighted by Crippen LogP contribution is -2.50. The Morgan fingerprint density at radius 3 is 2.43 bits per heavy atom. The van der Waals surface area contributed by atoms with Gasteiger partial charge in [-0.05, 0) is 31.5 Å². The molecule has 0 unspecified atom stereocenters. The SMILES string of the molecule is CCOC(=O)N1CCN(C(=O)c2ccnc(NCc3ccc(C)cc3)c2)CC1. The zero-order valence-electron chi connectivity index (χ0n) is 16.4. The maximum atomic E-state index is 12.8. The lowest BCUT2D eigenvalue weighted by molar-refractivity contribution is 0.0570. The van der Waals surface area contributed by atoms with Crippen LogP contribution in [0.1, 0.15) is 28.4 Å². The number of carbonyl (C=O) groups is 2. The minimum Gasteiger partial charge on any atom is -0.450 e. The van der Waals surface area contributed by atoms with Gasteiger partial charge in [0, 0.05) is 44.5 Å². The Kier molecular flexibility index (Phi) is 6.47. The maximum Gasteiger partial charge on any atom is 0.409 e. The van der Waals surface area contributed by atoms with E-state index in [0.29, 0.717) is 50.7 Å².